The highest BCUT2D eigenvalue weighted by atomic mass is 16.7. The van der Waals surface area contributed by atoms with Crippen molar-refractivity contribution in [1.82, 2.24) is 0 Å². The van der Waals surface area contributed by atoms with Crippen LogP contribution in [0.3, 0.4) is 0 Å². The van der Waals surface area contributed by atoms with Gasteiger partial charge in [-0.15, -0.1) is 0 Å². The molecule has 6 heteroatoms. The lowest BCUT2D eigenvalue weighted by Gasteiger charge is -2.45. The van der Waals surface area contributed by atoms with Gasteiger partial charge in [0.1, 0.15) is 24.4 Å². The zero-order chi connectivity index (χ0) is 11.1. The van der Waals surface area contributed by atoms with Gasteiger partial charge in [0.15, 0.2) is 5.79 Å². The van der Waals surface area contributed by atoms with Gasteiger partial charge in [0.25, 0.3) is 0 Å². The van der Waals surface area contributed by atoms with Crippen LogP contribution in [0.1, 0.15) is 12.8 Å². The van der Waals surface area contributed by atoms with Gasteiger partial charge in [0.2, 0.25) is 0 Å². The maximum Gasteiger partial charge on any atom is 0.197 e. The number of aliphatic hydroxyl groups excluding tert-OH is 4. The molecule has 2 saturated heterocycles. The summed E-state index contributed by atoms with van der Waals surface area (Å²) in [6.45, 7) is 0.0219. The maximum absolute atomic E-state index is 9.77. The number of ether oxygens (including phenoxy) is 2. The van der Waals surface area contributed by atoms with Gasteiger partial charge < -0.3 is 29.9 Å². The third kappa shape index (κ3) is 1.67. The highest BCUT2D eigenvalue weighted by molar-refractivity contribution is 4.98. The molecule has 88 valence electrons. The summed E-state index contributed by atoms with van der Waals surface area (Å²) in [5.41, 5.74) is 0. The van der Waals surface area contributed by atoms with Crippen LogP contribution in [0.4, 0.5) is 0 Å². The Morgan fingerprint density at radius 1 is 1.20 bits per heavy atom. The molecule has 15 heavy (non-hydrogen) atoms. The molecule has 0 saturated carbocycles. The number of rotatable bonds is 1. The second-order valence-corrected chi connectivity index (χ2v) is 4.03. The minimum Gasteiger partial charge on any atom is -0.394 e. The summed E-state index contributed by atoms with van der Waals surface area (Å²) in [4.78, 5) is 0. The molecular weight excluding hydrogens is 204 g/mol. The standard InChI is InChI=1S/C9H16O6/c10-4-5-6(11)7(12)8(13)9(15-5)2-1-3-14-9/h5-8,10-13H,1-4H2/t5-,6-,7+,8-,9+/m1/s1. The van der Waals surface area contributed by atoms with E-state index in [-0.39, 0.29) is 0 Å². The van der Waals surface area contributed by atoms with Crippen molar-refractivity contribution in [3.63, 3.8) is 0 Å². The highest BCUT2D eigenvalue weighted by Gasteiger charge is 2.55. The van der Waals surface area contributed by atoms with E-state index in [9.17, 15) is 15.3 Å². The van der Waals surface area contributed by atoms with Crippen LogP contribution in [0.2, 0.25) is 0 Å². The Morgan fingerprint density at radius 3 is 2.47 bits per heavy atom. The van der Waals surface area contributed by atoms with Crippen molar-refractivity contribution >= 4 is 0 Å². The van der Waals surface area contributed by atoms with E-state index in [4.69, 9.17) is 14.6 Å². The van der Waals surface area contributed by atoms with E-state index >= 15 is 0 Å². The van der Waals surface area contributed by atoms with Crippen molar-refractivity contribution in [3.05, 3.63) is 0 Å². The fraction of sp³-hybridized carbons (Fsp3) is 1.00. The summed E-state index contributed by atoms with van der Waals surface area (Å²) in [6.07, 6.45) is -3.67. The monoisotopic (exact) mass is 220 g/mol. The molecule has 0 aromatic rings. The topological polar surface area (TPSA) is 99.4 Å². The Labute approximate surface area is 87.1 Å². The van der Waals surface area contributed by atoms with Crippen LogP contribution >= 0.6 is 0 Å². The largest absolute Gasteiger partial charge is 0.394 e. The Bertz CT molecular complexity index is 225. The lowest BCUT2D eigenvalue weighted by molar-refractivity contribution is -0.349. The van der Waals surface area contributed by atoms with E-state index in [1.165, 1.54) is 0 Å². The average Bonchev–Trinajstić information content (AvgIpc) is 2.70. The van der Waals surface area contributed by atoms with Crippen LogP contribution in [0.5, 0.6) is 0 Å². The highest BCUT2D eigenvalue weighted by Crippen LogP contribution is 2.38. The molecular formula is C9H16O6. The summed E-state index contributed by atoms with van der Waals surface area (Å²) in [7, 11) is 0. The van der Waals surface area contributed by atoms with Crippen molar-refractivity contribution in [3.8, 4) is 0 Å². The number of aliphatic hydroxyl groups is 4. The van der Waals surface area contributed by atoms with Crippen LogP contribution in [-0.4, -0.2) is 63.8 Å². The van der Waals surface area contributed by atoms with E-state index in [0.717, 1.165) is 6.42 Å². The zero-order valence-corrected chi connectivity index (χ0v) is 8.24. The minimum atomic E-state index is -1.35. The molecule has 0 bridgehead atoms. The molecule has 4 N–H and O–H groups in total. The van der Waals surface area contributed by atoms with Gasteiger partial charge in [-0.3, -0.25) is 0 Å². The first-order valence-electron chi connectivity index (χ1n) is 5.07. The zero-order valence-electron chi connectivity index (χ0n) is 8.24. The molecule has 0 unspecified atom stereocenters. The molecule has 0 aliphatic carbocycles. The Balaban J connectivity index is 2.19. The van der Waals surface area contributed by atoms with Crippen LogP contribution in [-0.2, 0) is 9.47 Å². The Kier molecular flexibility index (Phi) is 2.98. The summed E-state index contributed by atoms with van der Waals surface area (Å²) in [5, 5.41) is 37.8. The molecule has 2 fully saturated rings. The van der Waals surface area contributed by atoms with Crippen LogP contribution in [0.15, 0.2) is 0 Å². The van der Waals surface area contributed by atoms with Gasteiger partial charge in [-0.05, 0) is 6.42 Å². The first-order valence-corrected chi connectivity index (χ1v) is 5.07. The first kappa shape index (κ1) is 11.3. The fourth-order valence-corrected chi connectivity index (χ4v) is 2.17. The van der Waals surface area contributed by atoms with Crippen LogP contribution < -0.4 is 0 Å². The van der Waals surface area contributed by atoms with Crippen LogP contribution in [0.25, 0.3) is 0 Å². The van der Waals surface area contributed by atoms with E-state index in [2.05, 4.69) is 0 Å². The predicted octanol–water partition coefficient (Wildman–Crippen LogP) is -2.03. The number of hydrogen-bond acceptors (Lipinski definition) is 6. The third-order valence-electron chi connectivity index (χ3n) is 3.05. The van der Waals surface area contributed by atoms with Crippen molar-refractivity contribution < 1.29 is 29.9 Å². The fourth-order valence-electron chi connectivity index (χ4n) is 2.17. The summed E-state index contributed by atoms with van der Waals surface area (Å²) < 4.78 is 10.6. The molecule has 2 aliphatic heterocycles. The molecule has 2 rings (SSSR count). The SMILES string of the molecule is OC[C@H]1O[C@@]2(CCCO2)[C@H](O)[C@@H](O)[C@@H]1O. The molecule has 1 spiro atoms. The van der Waals surface area contributed by atoms with Crippen LogP contribution in [0, 0.1) is 0 Å². The maximum atomic E-state index is 9.77. The van der Waals surface area contributed by atoms with Gasteiger partial charge in [0, 0.05) is 6.42 Å². The van der Waals surface area contributed by atoms with E-state index < -0.39 is 36.8 Å². The van der Waals surface area contributed by atoms with Gasteiger partial charge in [0.05, 0.1) is 13.2 Å². The van der Waals surface area contributed by atoms with E-state index in [0.29, 0.717) is 13.0 Å². The Morgan fingerprint density at radius 2 is 1.93 bits per heavy atom. The van der Waals surface area contributed by atoms with Gasteiger partial charge in [-0.2, -0.15) is 0 Å². The minimum absolute atomic E-state index is 0.421. The van der Waals surface area contributed by atoms with E-state index in [1.807, 2.05) is 0 Å². The molecule has 0 aromatic carbocycles. The predicted molar refractivity (Wildman–Crippen MR) is 47.9 cm³/mol. The second kappa shape index (κ2) is 3.97. The van der Waals surface area contributed by atoms with Crippen molar-refractivity contribution in [1.29, 1.82) is 0 Å². The molecule has 2 aliphatic rings. The lowest BCUT2D eigenvalue weighted by Crippen LogP contribution is -2.64. The molecule has 2 heterocycles. The first-order chi connectivity index (χ1) is 7.10. The molecule has 0 amide bonds. The molecule has 6 nitrogen and oxygen atoms in total. The van der Waals surface area contributed by atoms with Crippen molar-refractivity contribution in [2.24, 2.45) is 0 Å². The number of hydrogen-bond donors (Lipinski definition) is 4. The van der Waals surface area contributed by atoms with Crippen molar-refractivity contribution in [2.45, 2.75) is 43.0 Å². The molecule has 5 atom stereocenters. The lowest BCUT2D eigenvalue weighted by atomic mass is 9.91. The molecule has 0 radical (unpaired) electrons. The summed E-state index contributed by atoms with van der Waals surface area (Å²) >= 11 is 0. The van der Waals surface area contributed by atoms with Crippen molar-refractivity contribution in [2.75, 3.05) is 13.2 Å². The quantitative estimate of drug-likeness (QED) is 0.406. The third-order valence-corrected chi connectivity index (χ3v) is 3.05. The normalized spacial score (nSPS) is 51.2. The van der Waals surface area contributed by atoms with E-state index in [1.54, 1.807) is 0 Å². The smallest absolute Gasteiger partial charge is 0.197 e. The average molecular weight is 220 g/mol. The van der Waals surface area contributed by atoms with Gasteiger partial charge >= 0.3 is 0 Å². The van der Waals surface area contributed by atoms with Gasteiger partial charge in [-0.1, -0.05) is 0 Å². The summed E-state index contributed by atoms with van der Waals surface area (Å²) in [6, 6.07) is 0. The summed E-state index contributed by atoms with van der Waals surface area (Å²) in [5.74, 6) is -1.26. The van der Waals surface area contributed by atoms with Gasteiger partial charge in [-0.25, -0.2) is 0 Å². The molecule has 0 aromatic heterocycles. The Hall–Kier alpha value is -0.240. The second-order valence-electron chi connectivity index (χ2n) is 4.03.